The molecule has 0 saturated carbocycles. The number of likely N-dealkylation sites (N-methyl/N-ethyl adjacent to an activating group) is 1. The second kappa shape index (κ2) is 6.75. The summed E-state index contributed by atoms with van der Waals surface area (Å²) in [6.45, 7) is 0.976. The van der Waals surface area contributed by atoms with Gasteiger partial charge in [-0.2, -0.15) is 0 Å². The Morgan fingerprint density at radius 3 is 2.59 bits per heavy atom. The van der Waals surface area contributed by atoms with Crippen molar-refractivity contribution in [3.63, 3.8) is 0 Å². The van der Waals surface area contributed by atoms with Crippen molar-refractivity contribution in [2.75, 3.05) is 33.9 Å². The van der Waals surface area contributed by atoms with Gasteiger partial charge in [-0.15, -0.1) is 0 Å². The Labute approximate surface area is 101 Å². The fourth-order valence-corrected chi connectivity index (χ4v) is 1.36. The first kappa shape index (κ1) is 13.3. The van der Waals surface area contributed by atoms with Crippen LogP contribution in [0, 0.1) is 0 Å². The summed E-state index contributed by atoms with van der Waals surface area (Å²) in [5.41, 5.74) is 0. The number of hydrogen-bond acceptors (Lipinski definition) is 4. The summed E-state index contributed by atoms with van der Waals surface area (Å²) in [5, 5.41) is 8.58. The molecule has 0 aliphatic rings. The molecule has 0 bridgehead atoms. The molecule has 0 heterocycles. The van der Waals surface area contributed by atoms with Gasteiger partial charge in [0, 0.05) is 6.54 Å². The summed E-state index contributed by atoms with van der Waals surface area (Å²) in [6.07, 6.45) is 0. The number of hydrogen-bond donors (Lipinski definition) is 1. The average Bonchev–Trinajstić information content (AvgIpc) is 2.28. The second-order valence-corrected chi connectivity index (χ2v) is 3.63. The number of nitrogens with zero attached hydrogens (tertiary/aromatic N) is 1. The molecule has 0 amide bonds. The lowest BCUT2D eigenvalue weighted by atomic mass is 10.3. The van der Waals surface area contributed by atoms with Gasteiger partial charge in [-0.1, -0.05) is 12.1 Å². The van der Waals surface area contributed by atoms with Crippen LogP contribution in [-0.4, -0.2) is 49.8 Å². The number of para-hydroxylation sites is 2. The number of benzene rings is 1. The largest absolute Gasteiger partial charge is 0.493 e. The molecule has 94 valence electrons. The van der Waals surface area contributed by atoms with Gasteiger partial charge in [0.2, 0.25) is 0 Å². The number of ether oxygens (including phenoxy) is 2. The fraction of sp³-hybridized carbons (Fsp3) is 0.417. The van der Waals surface area contributed by atoms with Crippen LogP contribution in [0.15, 0.2) is 24.3 Å². The van der Waals surface area contributed by atoms with E-state index in [0.29, 0.717) is 24.7 Å². The highest BCUT2D eigenvalue weighted by atomic mass is 16.5. The van der Waals surface area contributed by atoms with Gasteiger partial charge in [0.1, 0.15) is 6.61 Å². The Morgan fingerprint density at radius 2 is 2.00 bits per heavy atom. The Balaban J connectivity index is 2.37. The molecular formula is C12H17NO4. The van der Waals surface area contributed by atoms with E-state index in [4.69, 9.17) is 14.6 Å². The Hall–Kier alpha value is -1.75. The monoisotopic (exact) mass is 239 g/mol. The molecule has 1 aromatic carbocycles. The third-order valence-electron chi connectivity index (χ3n) is 2.20. The third kappa shape index (κ3) is 4.74. The zero-order valence-corrected chi connectivity index (χ0v) is 10.0. The van der Waals surface area contributed by atoms with Crippen LogP contribution in [0.5, 0.6) is 11.5 Å². The van der Waals surface area contributed by atoms with Gasteiger partial charge < -0.3 is 14.6 Å². The summed E-state index contributed by atoms with van der Waals surface area (Å²) in [4.78, 5) is 12.1. The Morgan fingerprint density at radius 1 is 1.35 bits per heavy atom. The number of methoxy groups -OCH3 is 1. The number of carboxylic acids is 1. The maximum absolute atomic E-state index is 10.4. The van der Waals surface area contributed by atoms with E-state index in [1.807, 2.05) is 24.3 Å². The highest BCUT2D eigenvalue weighted by molar-refractivity contribution is 5.68. The normalized spacial score (nSPS) is 10.3. The van der Waals surface area contributed by atoms with Gasteiger partial charge >= 0.3 is 5.97 Å². The fourth-order valence-electron chi connectivity index (χ4n) is 1.36. The van der Waals surface area contributed by atoms with Crippen LogP contribution in [0.25, 0.3) is 0 Å². The maximum Gasteiger partial charge on any atom is 0.317 e. The van der Waals surface area contributed by atoms with Crippen molar-refractivity contribution in [2.45, 2.75) is 0 Å². The molecule has 0 aliphatic carbocycles. The van der Waals surface area contributed by atoms with Crippen LogP contribution in [0.4, 0.5) is 0 Å². The smallest absolute Gasteiger partial charge is 0.317 e. The first-order valence-electron chi connectivity index (χ1n) is 5.29. The molecular weight excluding hydrogens is 222 g/mol. The topological polar surface area (TPSA) is 59.0 Å². The highest BCUT2D eigenvalue weighted by Crippen LogP contribution is 2.25. The van der Waals surface area contributed by atoms with Gasteiger partial charge in [0.05, 0.1) is 13.7 Å². The van der Waals surface area contributed by atoms with E-state index in [1.54, 1.807) is 19.1 Å². The predicted octanol–water partition coefficient (Wildman–Crippen LogP) is 1.09. The van der Waals surface area contributed by atoms with Crippen molar-refractivity contribution in [3.8, 4) is 11.5 Å². The van der Waals surface area contributed by atoms with Gasteiger partial charge in [0.25, 0.3) is 0 Å². The average molecular weight is 239 g/mol. The molecule has 0 radical (unpaired) electrons. The minimum Gasteiger partial charge on any atom is -0.493 e. The zero-order chi connectivity index (χ0) is 12.7. The molecule has 0 aliphatic heterocycles. The molecule has 1 rings (SSSR count). The molecule has 1 N–H and O–H groups in total. The van der Waals surface area contributed by atoms with Gasteiger partial charge in [-0.3, -0.25) is 9.69 Å². The number of aliphatic carboxylic acids is 1. The van der Waals surface area contributed by atoms with Crippen LogP contribution in [0.2, 0.25) is 0 Å². The van der Waals surface area contributed by atoms with E-state index in [0.717, 1.165) is 0 Å². The van der Waals surface area contributed by atoms with Crippen LogP contribution in [0.1, 0.15) is 0 Å². The molecule has 0 aromatic heterocycles. The van der Waals surface area contributed by atoms with E-state index in [1.165, 1.54) is 0 Å². The van der Waals surface area contributed by atoms with Gasteiger partial charge in [-0.25, -0.2) is 0 Å². The predicted molar refractivity (Wildman–Crippen MR) is 63.6 cm³/mol. The minimum absolute atomic E-state index is 0.00921. The van der Waals surface area contributed by atoms with Crippen molar-refractivity contribution in [1.82, 2.24) is 4.90 Å². The molecule has 0 spiro atoms. The van der Waals surface area contributed by atoms with Crippen LogP contribution in [0.3, 0.4) is 0 Å². The van der Waals surface area contributed by atoms with Crippen LogP contribution in [-0.2, 0) is 4.79 Å². The maximum atomic E-state index is 10.4. The number of carbonyl (C=O) groups is 1. The van der Waals surface area contributed by atoms with Crippen LogP contribution < -0.4 is 9.47 Å². The molecule has 5 heteroatoms. The van der Waals surface area contributed by atoms with Gasteiger partial charge in [0.15, 0.2) is 11.5 Å². The molecule has 5 nitrogen and oxygen atoms in total. The van der Waals surface area contributed by atoms with E-state index in [9.17, 15) is 4.79 Å². The van der Waals surface area contributed by atoms with Crippen molar-refractivity contribution in [2.24, 2.45) is 0 Å². The summed E-state index contributed by atoms with van der Waals surface area (Å²) in [6, 6.07) is 7.35. The van der Waals surface area contributed by atoms with Crippen molar-refractivity contribution in [1.29, 1.82) is 0 Å². The van der Waals surface area contributed by atoms with E-state index < -0.39 is 5.97 Å². The molecule has 0 fully saturated rings. The molecule has 0 saturated heterocycles. The molecule has 0 atom stereocenters. The van der Waals surface area contributed by atoms with Crippen molar-refractivity contribution in [3.05, 3.63) is 24.3 Å². The summed E-state index contributed by atoms with van der Waals surface area (Å²) in [7, 11) is 3.32. The van der Waals surface area contributed by atoms with E-state index in [2.05, 4.69) is 0 Å². The standard InChI is InChI=1S/C12H17NO4/c1-13(9-12(14)15)7-8-17-11-6-4-3-5-10(11)16-2/h3-6H,7-9H2,1-2H3,(H,14,15). The highest BCUT2D eigenvalue weighted by Gasteiger charge is 2.05. The Bertz CT molecular complexity index is 367. The number of rotatable bonds is 7. The Kier molecular flexibility index (Phi) is 5.29. The summed E-state index contributed by atoms with van der Waals surface area (Å²) in [5.74, 6) is 0.497. The SMILES string of the molecule is COc1ccccc1OCCN(C)CC(=O)O. The second-order valence-electron chi connectivity index (χ2n) is 3.63. The lowest BCUT2D eigenvalue weighted by molar-refractivity contribution is -0.138. The number of carboxylic acid groups (broad SMARTS) is 1. The van der Waals surface area contributed by atoms with Crippen molar-refractivity contribution < 1.29 is 19.4 Å². The molecule has 17 heavy (non-hydrogen) atoms. The summed E-state index contributed by atoms with van der Waals surface area (Å²) >= 11 is 0. The lowest BCUT2D eigenvalue weighted by Gasteiger charge is -2.15. The summed E-state index contributed by atoms with van der Waals surface area (Å²) < 4.78 is 10.7. The zero-order valence-electron chi connectivity index (χ0n) is 10.0. The minimum atomic E-state index is -0.843. The third-order valence-corrected chi connectivity index (χ3v) is 2.20. The van der Waals surface area contributed by atoms with E-state index >= 15 is 0 Å². The first-order valence-corrected chi connectivity index (χ1v) is 5.29. The quantitative estimate of drug-likeness (QED) is 0.771. The van der Waals surface area contributed by atoms with Gasteiger partial charge in [-0.05, 0) is 19.2 Å². The van der Waals surface area contributed by atoms with Crippen molar-refractivity contribution >= 4 is 5.97 Å². The lowest BCUT2D eigenvalue weighted by Crippen LogP contribution is -2.29. The van der Waals surface area contributed by atoms with E-state index in [-0.39, 0.29) is 6.54 Å². The molecule has 1 aromatic rings. The first-order chi connectivity index (χ1) is 8.13. The molecule has 0 unspecified atom stereocenters. The van der Waals surface area contributed by atoms with Crippen LogP contribution >= 0.6 is 0 Å².